The normalized spacial score (nSPS) is 11.7. The van der Waals surface area contributed by atoms with Crippen molar-refractivity contribution in [3.8, 4) is 22.4 Å². The van der Waals surface area contributed by atoms with Gasteiger partial charge in [0.2, 0.25) is 0 Å². The van der Waals surface area contributed by atoms with Crippen LogP contribution < -0.4 is 0 Å². The Morgan fingerprint density at radius 2 is 1.56 bits per heavy atom. The molecule has 5 heteroatoms. The minimum atomic E-state index is 0.936. The van der Waals surface area contributed by atoms with Crippen molar-refractivity contribution in [3.63, 3.8) is 0 Å². The highest BCUT2D eigenvalue weighted by Crippen LogP contribution is 2.26. The third-order valence-corrected chi connectivity index (χ3v) is 5.01. The maximum absolute atomic E-state index is 4.84. The van der Waals surface area contributed by atoms with Crippen molar-refractivity contribution in [3.05, 3.63) is 92.0 Å². The second-order valence-corrected chi connectivity index (χ2v) is 6.71. The van der Waals surface area contributed by atoms with Crippen molar-refractivity contribution in [2.75, 3.05) is 0 Å². The van der Waals surface area contributed by atoms with Gasteiger partial charge in [-0.2, -0.15) is 0 Å². The molecule has 0 N–H and O–H groups in total. The molecule has 0 atom stereocenters. The van der Waals surface area contributed by atoms with Crippen LogP contribution in [-0.4, -0.2) is 23.2 Å². The van der Waals surface area contributed by atoms with E-state index >= 15 is 0 Å². The number of fused-ring (bicyclic) bond motifs is 3. The number of pyridine rings is 3. The van der Waals surface area contributed by atoms with Crippen LogP contribution in [0.5, 0.6) is 0 Å². The molecule has 27 heavy (non-hydrogen) atoms. The third kappa shape index (κ3) is 2.25. The lowest BCUT2D eigenvalue weighted by molar-refractivity contribution is 1.15. The van der Waals surface area contributed by atoms with E-state index in [0.717, 1.165) is 28.0 Å². The summed E-state index contributed by atoms with van der Waals surface area (Å²) in [6.07, 6.45) is 14.0. The van der Waals surface area contributed by atoms with Crippen LogP contribution in [0, 0.1) is 0 Å². The standard InChI is InChI=1S/C22H15N5/c1-2-6-25-13-18(10-19(25)3-1)16-4-7-26-14-21(24-22(26)11-16)17-5-8-27-15-23-12-20(27)9-17/h1-15H. The van der Waals surface area contributed by atoms with Gasteiger partial charge in [0.1, 0.15) is 5.65 Å². The molecular formula is C22H15N5. The largest absolute Gasteiger partial charge is 0.323 e. The molecule has 0 saturated heterocycles. The van der Waals surface area contributed by atoms with E-state index in [1.54, 1.807) is 6.33 Å². The number of imidazole rings is 2. The Morgan fingerprint density at radius 3 is 2.52 bits per heavy atom. The van der Waals surface area contributed by atoms with Gasteiger partial charge in [-0.15, -0.1) is 0 Å². The van der Waals surface area contributed by atoms with E-state index < -0.39 is 0 Å². The number of hydrogen-bond acceptors (Lipinski definition) is 2. The maximum Gasteiger partial charge on any atom is 0.138 e. The summed E-state index contributed by atoms with van der Waals surface area (Å²) in [7, 11) is 0. The zero-order valence-corrected chi connectivity index (χ0v) is 14.4. The molecule has 0 saturated carbocycles. The summed E-state index contributed by atoms with van der Waals surface area (Å²) in [4.78, 5) is 9.02. The van der Waals surface area contributed by atoms with Crippen molar-refractivity contribution in [2.45, 2.75) is 0 Å². The lowest BCUT2D eigenvalue weighted by Gasteiger charge is -1.98. The summed E-state index contributed by atoms with van der Waals surface area (Å²) in [5.74, 6) is 0. The van der Waals surface area contributed by atoms with Gasteiger partial charge in [0.05, 0.1) is 23.7 Å². The van der Waals surface area contributed by atoms with Crippen LogP contribution in [0.15, 0.2) is 92.0 Å². The topological polar surface area (TPSA) is 39.0 Å². The molecule has 5 nitrogen and oxygen atoms in total. The van der Waals surface area contributed by atoms with E-state index in [1.807, 2.05) is 22.9 Å². The molecule has 0 amide bonds. The molecule has 0 bridgehead atoms. The van der Waals surface area contributed by atoms with E-state index in [4.69, 9.17) is 4.98 Å². The molecule has 0 radical (unpaired) electrons. The fourth-order valence-corrected chi connectivity index (χ4v) is 3.59. The van der Waals surface area contributed by atoms with Gasteiger partial charge in [0.15, 0.2) is 0 Å². The van der Waals surface area contributed by atoms with Gasteiger partial charge in [-0.3, -0.25) is 0 Å². The lowest BCUT2D eigenvalue weighted by atomic mass is 10.1. The average molecular weight is 349 g/mol. The second-order valence-electron chi connectivity index (χ2n) is 6.71. The maximum atomic E-state index is 4.84. The number of hydrogen-bond donors (Lipinski definition) is 0. The first-order valence-corrected chi connectivity index (χ1v) is 8.81. The van der Waals surface area contributed by atoms with Crippen LogP contribution >= 0.6 is 0 Å². The van der Waals surface area contributed by atoms with E-state index in [1.165, 1.54) is 11.1 Å². The SMILES string of the molecule is c1ccn2cc(-c3ccn4cc(-c5ccn6cncc6c5)nc4c3)cc2c1. The first-order chi connectivity index (χ1) is 13.3. The van der Waals surface area contributed by atoms with Gasteiger partial charge in [-0.1, -0.05) is 6.07 Å². The van der Waals surface area contributed by atoms with E-state index in [0.29, 0.717) is 0 Å². The van der Waals surface area contributed by atoms with Crippen molar-refractivity contribution in [1.29, 1.82) is 0 Å². The Balaban J connectivity index is 1.46. The molecule has 0 spiro atoms. The fraction of sp³-hybridized carbons (Fsp3) is 0. The second kappa shape index (κ2) is 5.32. The van der Waals surface area contributed by atoms with Crippen LogP contribution in [0.25, 0.3) is 39.1 Å². The Labute approximate surface area is 154 Å². The number of aromatic nitrogens is 5. The van der Waals surface area contributed by atoms with Gasteiger partial charge in [-0.05, 0) is 48.0 Å². The van der Waals surface area contributed by atoms with Crippen LogP contribution in [-0.2, 0) is 0 Å². The Kier molecular flexibility index (Phi) is 2.82. The molecular weight excluding hydrogens is 334 g/mol. The fourth-order valence-electron chi connectivity index (χ4n) is 3.59. The molecule has 0 aliphatic heterocycles. The molecule has 6 heterocycles. The van der Waals surface area contributed by atoms with Gasteiger partial charge in [-0.25, -0.2) is 9.97 Å². The number of rotatable bonds is 2. The van der Waals surface area contributed by atoms with Crippen molar-refractivity contribution in [2.24, 2.45) is 0 Å². The summed E-state index contributed by atoms with van der Waals surface area (Å²) in [6.45, 7) is 0. The smallest absolute Gasteiger partial charge is 0.138 e. The zero-order valence-electron chi connectivity index (χ0n) is 14.4. The summed E-state index contributed by atoms with van der Waals surface area (Å²) in [6, 6.07) is 16.8. The van der Waals surface area contributed by atoms with Gasteiger partial charge < -0.3 is 13.2 Å². The molecule has 0 aliphatic carbocycles. The van der Waals surface area contributed by atoms with Gasteiger partial charge in [0.25, 0.3) is 0 Å². The summed E-state index contributed by atoms with van der Waals surface area (Å²) in [5, 5.41) is 0. The highest BCUT2D eigenvalue weighted by molar-refractivity contribution is 5.74. The molecule has 6 aromatic rings. The first-order valence-electron chi connectivity index (χ1n) is 8.81. The molecule has 0 fully saturated rings. The van der Waals surface area contributed by atoms with Gasteiger partial charge >= 0.3 is 0 Å². The molecule has 0 unspecified atom stereocenters. The lowest BCUT2D eigenvalue weighted by Crippen LogP contribution is -1.83. The highest BCUT2D eigenvalue weighted by atomic mass is 15.0. The van der Waals surface area contributed by atoms with Crippen molar-refractivity contribution < 1.29 is 0 Å². The Hall–Kier alpha value is -3.86. The molecule has 0 aliphatic rings. The highest BCUT2D eigenvalue weighted by Gasteiger charge is 2.08. The predicted molar refractivity (Wildman–Crippen MR) is 106 cm³/mol. The quantitative estimate of drug-likeness (QED) is 0.459. The van der Waals surface area contributed by atoms with Crippen LogP contribution in [0.3, 0.4) is 0 Å². The molecule has 128 valence electrons. The minimum Gasteiger partial charge on any atom is -0.323 e. The zero-order chi connectivity index (χ0) is 17.8. The molecule has 6 rings (SSSR count). The van der Waals surface area contributed by atoms with E-state index in [9.17, 15) is 0 Å². The number of nitrogens with zero attached hydrogens (tertiary/aromatic N) is 5. The monoisotopic (exact) mass is 349 g/mol. The van der Waals surface area contributed by atoms with E-state index in [-0.39, 0.29) is 0 Å². The first kappa shape index (κ1) is 14.3. The van der Waals surface area contributed by atoms with Crippen molar-refractivity contribution in [1.82, 2.24) is 23.2 Å². The van der Waals surface area contributed by atoms with Gasteiger partial charge in [0, 0.05) is 47.6 Å². The molecule has 0 aromatic carbocycles. The molecule has 6 aromatic heterocycles. The predicted octanol–water partition coefficient (Wildman–Crippen LogP) is 4.57. The Morgan fingerprint density at radius 1 is 0.667 bits per heavy atom. The summed E-state index contributed by atoms with van der Waals surface area (Å²) < 4.78 is 6.20. The average Bonchev–Trinajstić information content (AvgIpc) is 3.42. The summed E-state index contributed by atoms with van der Waals surface area (Å²) in [5.41, 5.74) is 7.58. The third-order valence-electron chi connectivity index (χ3n) is 5.01. The summed E-state index contributed by atoms with van der Waals surface area (Å²) >= 11 is 0. The van der Waals surface area contributed by atoms with Crippen LogP contribution in [0.2, 0.25) is 0 Å². The van der Waals surface area contributed by atoms with E-state index in [2.05, 4.69) is 81.0 Å². The Bertz CT molecular complexity index is 1400. The van der Waals surface area contributed by atoms with Crippen molar-refractivity contribution >= 4 is 16.7 Å². The van der Waals surface area contributed by atoms with Crippen LogP contribution in [0.4, 0.5) is 0 Å². The minimum absolute atomic E-state index is 0.936. The van der Waals surface area contributed by atoms with Crippen LogP contribution in [0.1, 0.15) is 0 Å².